The third-order valence-electron chi connectivity index (χ3n) is 1.71. The van der Waals surface area contributed by atoms with E-state index in [1.54, 1.807) is 11.3 Å². The maximum Gasteiger partial charge on any atom is 0.0653 e. The highest BCUT2D eigenvalue weighted by atomic mass is 35.5. The molecular weight excluding hydrogens is 210 g/mol. The number of rotatable bonds is 0. The molecule has 0 unspecified atom stereocenters. The van der Waals surface area contributed by atoms with E-state index in [1.165, 1.54) is 0 Å². The Morgan fingerprint density at radius 2 is 2.25 bits per heavy atom. The Labute approximate surface area is 84.6 Å². The van der Waals surface area contributed by atoms with Crippen molar-refractivity contribution in [3.63, 3.8) is 0 Å². The van der Waals surface area contributed by atoms with Gasteiger partial charge in [0.2, 0.25) is 0 Å². The number of hydrogen-bond acceptors (Lipinski definition) is 3. The number of fused-ring (bicyclic) bond motifs is 1. The van der Waals surface area contributed by atoms with Crippen molar-refractivity contribution in [2.75, 3.05) is 5.73 Å². The number of anilines is 1. The SMILES string of the molecule is Nc1c(Cl)cc2ccsc2c1S. The van der Waals surface area contributed by atoms with Crippen LogP contribution in [0.1, 0.15) is 0 Å². The van der Waals surface area contributed by atoms with Gasteiger partial charge < -0.3 is 5.73 Å². The van der Waals surface area contributed by atoms with Gasteiger partial charge in [0.25, 0.3) is 0 Å². The summed E-state index contributed by atoms with van der Waals surface area (Å²) in [6, 6.07) is 3.87. The lowest BCUT2D eigenvalue weighted by Gasteiger charge is -2.02. The second kappa shape index (κ2) is 2.83. The zero-order valence-corrected chi connectivity index (χ0v) is 8.51. The molecule has 0 radical (unpaired) electrons. The highest BCUT2D eigenvalue weighted by Gasteiger charge is 2.06. The summed E-state index contributed by atoms with van der Waals surface area (Å²) >= 11 is 11.8. The molecule has 0 aliphatic carbocycles. The third kappa shape index (κ3) is 1.09. The van der Waals surface area contributed by atoms with Crippen LogP contribution in [0.3, 0.4) is 0 Å². The predicted octanol–water partition coefficient (Wildman–Crippen LogP) is 3.43. The normalized spacial score (nSPS) is 10.8. The van der Waals surface area contributed by atoms with E-state index < -0.39 is 0 Å². The van der Waals surface area contributed by atoms with Gasteiger partial charge in [-0.25, -0.2) is 0 Å². The lowest BCUT2D eigenvalue weighted by molar-refractivity contribution is 1.59. The first-order chi connectivity index (χ1) is 5.70. The van der Waals surface area contributed by atoms with Crippen LogP contribution < -0.4 is 5.73 Å². The summed E-state index contributed by atoms with van der Waals surface area (Å²) < 4.78 is 1.10. The zero-order chi connectivity index (χ0) is 8.72. The van der Waals surface area contributed by atoms with Gasteiger partial charge in [-0.3, -0.25) is 0 Å². The summed E-state index contributed by atoms with van der Waals surface area (Å²) in [5, 5.41) is 3.68. The van der Waals surface area contributed by atoms with Crippen molar-refractivity contribution in [3.8, 4) is 0 Å². The molecule has 62 valence electrons. The number of nitrogens with two attached hydrogens (primary N) is 1. The molecule has 0 saturated heterocycles. The Bertz CT molecular complexity index is 436. The molecule has 0 spiro atoms. The number of benzene rings is 1. The quantitative estimate of drug-likeness (QED) is 0.511. The molecule has 2 N–H and O–H groups in total. The molecule has 0 aliphatic rings. The van der Waals surface area contributed by atoms with Gasteiger partial charge in [-0.1, -0.05) is 11.6 Å². The molecule has 0 aliphatic heterocycles. The van der Waals surface area contributed by atoms with E-state index in [0.717, 1.165) is 15.0 Å². The molecule has 0 bridgehead atoms. The number of nitrogen functional groups attached to an aromatic ring is 1. The number of hydrogen-bond donors (Lipinski definition) is 2. The molecule has 2 rings (SSSR count). The van der Waals surface area contributed by atoms with Gasteiger partial charge in [0.05, 0.1) is 10.7 Å². The van der Waals surface area contributed by atoms with Gasteiger partial charge in [-0.15, -0.1) is 24.0 Å². The fourth-order valence-electron chi connectivity index (χ4n) is 1.07. The minimum atomic E-state index is 0.565. The van der Waals surface area contributed by atoms with E-state index in [9.17, 15) is 0 Å². The molecule has 4 heteroatoms. The van der Waals surface area contributed by atoms with Gasteiger partial charge in [-0.05, 0) is 22.9 Å². The summed E-state index contributed by atoms with van der Waals surface area (Å²) in [6.45, 7) is 0. The van der Waals surface area contributed by atoms with Crippen molar-refractivity contribution in [1.82, 2.24) is 0 Å². The summed E-state index contributed by atoms with van der Waals surface area (Å²) in [5.41, 5.74) is 6.27. The summed E-state index contributed by atoms with van der Waals surface area (Å²) in [7, 11) is 0. The molecule has 1 aromatic heterocycles. The van der Waals surface area contributed by atoms with Crippen LogP contribution in [0.2, 0.25) is 5.02 Å². The fraction of sp³-hybridized carbons (Fsp3) is 0. The van der Waals surface area contributed by atoms with Gasteiger partial charge >= 0.3 is 0 Å². The van der Waals surface area contributed by atoms with Gasteiger partial charge in [0.15, 0.2) is 0 Å². The molecule has 0 fully saturated rings. The van der Waals surface area contributed by atoms with Crippen LogP contribution in [0.4, 0.5) is 5.69 Å². The Hall–Kier alpha value is -0.380. The van der Waals surface area contributed by atoms with Crippen molar-refractivity contribution in [2.24, 2.45) is 0 Å². The van der Waals surface area contributed by atoms with Crippen molar-refractivity contribution < 1.29 is 0 Å². The summed E-state index contributed by atoms with van der Waals surface area (Å²) in [5.74, 6) is 0. The van der Waals surface area contributed by atoms with E-state index in [0.29, 0.717) is 10.7 Å². The van der Waals surface area contributed by atoms with Gasteiger partial charge in [-0.2, -0.15) is 0 Å². The topological polar surface area (TPSA) is 26.0 Å². The molecule has 2 aromatic rings. The Morgan fingerprint density at radius 3 is 3.00 bits per heavy atom. The van der Waals surface area contributed by atoms with Crippen LogP contribution in [-0.2, 0) is 0 Å². The summed E-state index contributed by atoms with van der Waals surface area (Å²) in [4.78, 5) is 0.785. The zero-order valence-electron chi connectivity index (χ0n) is 6.04. The van der Waals surface area contributed by atoms with Crippen molar-refractivity contribution in [1.29, 1.82) is 0 Å². The molecular formula is C8H6ClNS2. The van der Waals surface area contributed by atoms with Gasteiger partial charge in [0, 0.05) is 9.60 Å². The van der Waals surface area contributed by atoms with Crippen LogP contribution in [0.15, 0.2) is 22.4 Å². The third-order valence-corrected chi connectivity index (χ3v) is 3.58. The number of thiophene rings is 1. The van der Waals surface area contributed by atoms with E-state index in [-0.39, 0.29) is 0 Å². The highest BCUT2D eigenvalue weighted by molar-refractivity contribution is 7.81. The Kier molecular flexibility index (Phi) is 1.94. The van der Waals surface area contributed by atoms with Crippen molar-refractivity contribution in [2.45, 2.75) is 4.90 Å². The van der Waals surface area contributed by atoms with Crippen LogP contribution >= 0.6 is 35.6 Å². The fourth-order valence-corrected chi connectivity index (χ4v) is 2.60. The molecule has 1 heterocycles. The molecule has 12 heavy (non-hydrogen) atoms. The van der Waals surface area contributed by atoms with Crippen molar-refractivity contribution in [3.05, 3.63) is 22.5 Å². The van der Waals surface area contributed by atoms with Crippen molar-refractivity contribution >= 4 is 51.3 Å². The smallest absolute Gasteiger partial charge is 0.0653 e. The standard InChI is InChI=1S/C8H6ClNS2/c9-5-3-4-1-2-12-8(4)7(11)6(5)10/h1-3,11H,10H2. The second-order valence-corrected chi connectivity index (χ2v) is 4.23. The molecule has 0 atom stereocenters. The lowest BCUT2D eigenvalue weighted by Crippen LogP contribution is -1.87. The molecule has 1 nitrogen and oxygen atoms in total. The van der Waals surface area contributed by atoms with E-state index >= 15 is 0 Å². The Balaban J connectivity index is 2.94. The summed E-state index contributed by atoms with van der Waals surface area (Å²) in [6.07, 6.45) is 0. The first-order valence-corrected chi connectivity index (χ1v) is 5.05. The maximum atomic E-state index is 5.88. The average molecular weight is 216 g/mol. The molecule has 1 aromatic carbocycles. The average Bonchev–Trinajstić information content (AvgIpc) is 2.48. The van der Waals surface area contributed by atoms with Crippen LogP contribution in [0, 0.1) is 0 Å². The number of halogens is 1. The number of thiol groups is 1. The molecule has 0 saturated carbocycles. The molecule has 0 amide bonds. The van der Waals surface area contributed by atoms with Crippen LogP contribution in [0.5, 0.6) is 0 Å². The second-order valence-electron chi connectivity index (χ2n) is 2.46. The minimum absolute atomic E-state index is 0.565. The largest absolute Gasteiger partial charge is 0.397 e. The maximum absolute atomic E-state index is 5.88. The van der Waals surface area contributed by atoms with E-state index in [2.05, 4.69) is 12.6 Å². The van der Waals surface area contributed by atoms with E-state index in [1.807, 2.05) is 17.5 Å². The Morgan fingerprint density at radius 1 is 1.50 bits per heavy atom. The first-order valence-electron chi connectivity index (χ1n) is 3.34. The van der Waals surface area contributed by atoms with Gasteiger partial charge in [0.1, 0.15) is 0 Å². The predicted molar refractivity (Wildman–Crippen MR) is 58.5 cm³/mol. The lowest BCUT2D eigenvalue weighted by atomic mass is 10.2. The van der Waals surface area contributed by atoms with Crippen LogP contribution in [0.25, 0.3) is 10.1 Å². The van der Waals surface area contributed by atoms with E-state index in [4.69, 9.17) is 17.3 Å². The minimum Gasteiger partial charge on any atom is -0.397 e. The van der Waals surface area contributed by atoms with Crippen LogP contribution in [-0.4, -0.2) is 0 Å². The highest BCUT2D eigenvalue weighted by Crippen LogP contribution is 2.36. The monoisotopic (exact) mass is 215 g/mol. The first kappa shape index (κ1) is 8.23.